The standard InChI is InChI=1S/C15H17BrN2/c1-11(2)9-12-3-6-14(7-4-12)18-15-8-5-13(16)10-17-15/h3-8,10-11H,9H2,1-2H3,(H,17,18). The molecule has 2 rings (SSSR count). The zero-order chi connectivity index (χ0) is 13.0. The number of nitrogens with zero attached hydrogens (tertiary/aromatic N) is 1. The molecule has 1 heterocycles. The van der Waals surface area contributed by atoms with Gasteiger partial charge in [-0.1, -0.05) is 26.0 Å². The number of halogens is 1. The Morgan fingerprint density at radius 3 is 2.39 bits per heavy atom. The van der Waals surface area contributed by atoms with Gasteiger partial charge >= 0.3 is 0 Å². The van der Waals surface area contributed by atoms with Gasteiger partial charge in [-0.2, -0.15) is 0 Å². The molecule has 0 saturated heterocycles. The second-order valence-corrected chi connectivity index (χ2v) is 5.70. The summed E-state index contributed by atoms with van der Waals surface area (Å²) in [4.78, 5) is 4.29. The van der Waals surface area contributed by atoms with E-state index in [4.69, 9.17) is 0 Å². The van der Waals surface area contributed by atoms with Crippen molar-refractivity contribution in [3.63, 3.8) is 0 Å². The molecular formula is C15H17BrN2. The largest absolute Gasteiger partial charge is 0.340 e. The highest BCUT2D eigenvalue weighted by molar-refractivity contribution is 9.10. The topological polar surface area (TPSA) is 24.9 Å². The molecule has 0 bridgehead atoms. The SMILES string of the molecule is CC(C)Cc1ccc(Nc2ccc(Br)cn2)cc1. The second-order valence-electron chi connectivity index (χ2n) is 4.78. The molecule has 1 N–H and O–H groups in total. The smallest absolute Gasteiger partial charge is 0.130 e. The van der Waals surface area contributed by atoms with E-state index in [0.717, 1.165) is 22.4 Å². The lowest BCUT2D eigenvalue weighted by Crippen LogP contribution is -1.96. The summed E-state index contributed by atoms with van der Waals surface area (Å²) < 4.78 is 0.986. The summed E-state index contributed by atoms with van der Waals surface area (Å²) in [6.45, 7) is 4.47. The molecule has 1 aromatic carbocycles. The van der Waals surface area contributed by atoms with Gasteiger partial charge in [0, 0.05) is 16.4 Å². The summed E-state index contributed by atoms with van der Waals surface area (Å²) in [7, 11) is 0. The van der Waals surface area contributed by atoms with Crippen molar-refractivity contribution >= 4 is 27.4 Å². The third-order valence-corrected chi connectivity index (χ3v) is 3.07. The van der Waals surface area contributed by atoms with Crippen LogP contribution in [0.4, 0.5) is 11.5 Å². The van der Waals surface area contributed by atoms with Gasteiger partial charge in [-0.25, -0.2) is 4.98 Å². The Morgan fingerprint density at radius 2 is 1.83 bits per heavy atom. The highest BCUT2D eigenvalue weighted by Gasteiger charge is 1.99. The number of anilines is 2. The van der Waals surface area contributed by atoms with Crippen LogP contribution in [0.25, 0.3) is 0 Å². The predicted octanol–water partition coefficient (Wildman–Crippen LogP) is 4.79. The van der Waals surface area contributed by atoms with Crippen molar-refractivity contribution in [2.24, 2.45) is 5.92 Å². The molecule has 0 unspecified atom stereocenters. The van der Waals surface area contributed by atoms with Crippen LogP contribution in [0.2, 0.25) is 0 Å². The van der Waals surface area contributed by atoms with Gasteiger partial charge < -0.3 is 5.32 Å². The van der Waals surface area contributed by atoms with E-state index in [9.17, 15) is 0 Å². The van der Waals surface area contributed by atoms with Crippen molar-refractivity contribution in [2.75, 3.05) is 5.32 Å². The van der Waals surface area contributed by atoms with E-state index >= 15 is 0 Å². The Bertz CT molecular complexity index is 489. The van der Waals surface area contributed by atoms with E-state index < -0.39 is 0 Å². The van der Waals surface area contributed by atoms with Crippen molar-refractivity contribution < 1.29 is 0 Å². The molecule has 0 aliphatic heterocycles. The molecule has 3 heteroatoms. The van der Waals surface area contributed by atoms with Gasteiger partial charge in [-0.05, 0) is 58.1 Å². The van der Waals surface area contributed by atoms with Crippen molar-refractivity contribution in [1.82, 2.24) is 4.98 Å². The first kappa shape index (κ1) is 13.1. The minimum absolute atomic E-state index is 0.692. The summed E-state index contributed by atoms with van der Waals surface area (Å²) in [5.74, 6) is 1.55. The minimum atomic E-state index is 0.692. The van der Waals surface area contributed by atoms with E-state index in [1.807, 2.05) is 12.1 Å². The molecule has 2 aromatic rings. The van der Waals surface area contributed by atoms with Gasteiger partial charge in [0.1, 0.15) is 5.82 Å². The molecule has 0 fully saturated rings. The van der Waals surface area contributed by atoms with Gasteiger partial charge in [-0.3, -0.25) is 0 Å². The van der Waals surface area contributed by atoms with Gasteiger partial charge in [0.05, 0.1) is 0 Å². The van der Waals surface area contributed by atoms with Crippen molar-refractivity contribution in [1.29, 1.82) is 0 Å². The van der Waals surface area contributed by atoms with Crippen LogP contribution in [0.1, 0.15) is 19.4 Å². The van der Waals surface area contributed by atoms with E-state index in [0.29, 0.717) is 5.92 Å². The first-order chi connectivity index (χ1) is 8.63. The Hall–Kier alpha value is -1.35. The molecule has 94 valence electrons. The van der Waals surface area contributed by atoms with Gasteiger partial charge in [0.25, 0.3) is 0 Å². The molecule has 1 aromatic heterocycles. The number of hydrogen-bond acceptors (Lipinski definition) is 2. The summed E-state index contributed by atoms with van der Waals surface area (Å²) in [5.41, 5.74) is 2.44. The monoisotopic (exact) mass is 304 g/mol. The summed E-state index contributed by atoms with van der Waals surface area (Å²) in [6.07, 6.45) is 2.91. The van der Waals surface area contributed by atoms with E-state index in [2.05, 4.69) is 64.3 Å². The maximum Gasteiger partial charge on any atom is 0.130 e. The molecule has 0 spiro atoms. The van der Waals surface area contributed by atoms with Crippen LogP contribution in [0.15, 0.2) is 47.1 Å². The average molecular weight is 305 g/mol. The highest BCUT2D eigenvalue weighted by atomic mass is 79.9. The van der Waals surface area contributed by atoms with Gasteiger partial charge in [0.2, 0.25) is 0 Å². The Labute approximate surface area is 117 Å². The summed E-state index contributed by atoms with van der Waals surface area (Å²) >= 11 is 3.37. The summed E-state index contributed by atoms with van der Waals surface area (Å²) in [6, 6.07) is 12.5. The number of hydrogen-bond donors (Lipinski definition) is 1. The number of pyridine rings is 1. The normalized spacial score (nSPS) is 10.7. The van der Waals surface area contributed by atoms with Crippen LogP contribution in [0, 0.1) is 5.92 Å². The zero-order valence-electron chi connectivity index (χ0n) is 10.7. The molecule has 0 saturated carbocycles. The minimum Gasteiger partial charge on any atom is -0.340 e. The number of benzene rings is 1. The van der Waals surface area contributed by atoms with E-state index in [-0.39, 0.29) is 0 Å². The van der Waals surface area contributed by atoms with Crippen LogP contribution in [-0.4, -0.2) is 4.98 Å². The third kappa shape index (κ3) is 3.84. The quantitative estimate of drug-likeness (QED) is 0.878. The molecule has 0 aliphatic rings. The summed E-state index contributed by atoms with van der Waals surface area (Å²) in [5, 5.41) is 3.28. The molecule has 0 atom stereocenters. The maximum absolute atomic E-state index is 4.29. The second kappa shape index (κ2) is 6.01. The predicted molar refractivity (Wildman–Crippen MR) is 80.2 cm³/mol. The Kier molecular flexibility index (Phi) is 4.37. The van der Waals surface area contributed by atoms with E-state index in [1.165, 1.54) is 5.56 Å². The lowest BCUT2D eigenvalue weighted by molar-refractivity contribution is 0.647. The molecular weight excluding hydrogens is 288 g/mol. The number of rotatable bonds is 4. The van der Waals surface area contributed by atoms with Gasteiger partial charge in [-0.15, -0.1) is 0 Å². The maximum atomic E-state index is 4.29. The Balaban J connectivity index is 2.04. The molecule has 2 nitrogen and oxygen atoms in total. The lowest BCUT2D eigenvalue weighted by Gasteiger charge is -2.08. The Morgan fingerprint density at radius 1 is 1.11 bits per heavy atom. The van der Waals surface area contributed by atoms with Crippen LogP contribution in [0.3, 0.4) is 0 Å². The zero-order valence-corrected chi connectivity index (χ0v) is 12.2. The fourth-order valence-electron chi connectivity index (χ4n) is 1.79. The molecule has 0 aliphatic carbocycles. The molecule has 0 amide bonds. The molecule has 18 heavy (non-hydrogen) atoms. The van der Waals surface area contributed by atoms with Crippen LogP contribution in [-0.2, 0) is 6.42 Å². The average Bonchev–Trinajstić information content (AvgIpc) is 2.34. The van der Waals surface area contributed by atoms with Crippen molar-refractivity contribution in [3.05, 3.63) is 52.6 Å². The fourth-order valence-corrected chi connectivity index (χ4v) is 2.03. The number of aromatic nitrogens is 1. The fraction of sp³-hybridized carbons (Fsp3) is 0.267. The van der Waals surface area contributed by atoms with Crippen molar-refractivity contribution in [2.45, 2.75) is 20.3 Å². The first-order valence-electron chi connectivity index (χ1n) is 6.11. The van der Waals surface area contributed by atoms with Crippen molar-refractivity contribution in [3.8, 4) is 0 Å². The van der Waals surface area contributed by atoms with Gasteiger partial charge in [0.15, 0.2) is 0 Å². The highest BCUT2D eigenvalue weighted by Crippen LogP contribution is 2.18. The lowest BCUT2D eigenvalue weighted by atomic mass is 10.0. The third-order valence-electron chi connectivity index (χ3n) is 2.60. The molecule has 0 radical (unpaired) electrons. The number of nitrogens with one attached hydrogen (secondary N) is 1. The van der Waals surface area contributed by atoms with Crippen LogP contribution >= 0.6 is 15.9 Å². The van der Waals surface area contributed by atoms with Crippen LogP contribution in [0.5, 0.6) is 0 Å². The van der Waals surface area contributed by atoms with E-state index in [1.54, 1.807) is 6.20 Å². The first-order valence-corrected chi connectivity index (χ1v) is 6.90. The van der Waals surface area contributed by atoms with Crippen LogP contribution < -0.4 is 5.32 Å².